The highest BCUT2D eigenvalue weighted by Gasteiger charge is 2.15. The van der Waals surface area contributed by atoms with Crippen LogP contribution in [0.4, 0.5) is 4.79 Å². The van der Waals surface area contributed by atoms with Crippen molar-refractivity contribution in [3.05, 3.63) is 30.3 Å². The zero-order valence-corrected chi connectivity index (χ0v) is 8.27. The number of nitrogens with one attached hydrogen (secondary N) is 1. The predicted octanol–water partition coefficient (Wildman–Crippen LogP) is 0.649. The van der Waals surface area contributed by atoms with Crippen LogP contribution in [-0.2, 0) is 4.79 Å². The summed E-state index contributed by atoms with van der Waals surface area (Å²) in [6.45, 7) is 1.53. The molecule has 0 bridgehead atoms. The molecule has 1 rings (SSSR count). The molecule has 0 saturated heterocycles. The largest absolute Gasteiger partial charge is 0.481 e. The minimum atomic E-state index is -0.886. The number of para-hydroxylation sites is 1. The number of imide groups is 1. The number of amides is 3. The molecule has 0 aliphatic rings. The van der Waals surface area contributed by atoms with E-state index in [4.69, 9.17) is 10.5 Å². The number of carbonyl (C=O) groups is 2. The fourth-order valence-electron chi connectivity index (χ4n) is 0.980. The second-order valence-electron chi connectivity index (χ2n) is 2.93. The van der Waals surface area contributed by atoms with E-state index in [-0.39, 0.29) is 0 Å². The summed E-state index contributed by atoms with van der Waals surface area (Å²) in [6.07, 6.45) is -0.764. The highest BCUT2D eigenvalue weighted by Crippen LogP contribution is 2.10. The molecule has 1 aromatic carbocycles. The first-order valence-electron chi connectivity index (χ1n) is 4.41. The summed E-state index contributed by atoms with van der Waals surface area (Å²) in [7, 11) is 0. The van der Waals surface area contributed by atoms with E-state index >= 15 is 0 Å². The third-order valence-corrected chi connectivity index (χ3v) is 1.67. The molecule has 0 aliphatic carbocycles. The lowest BCUT2D eigenvalue weighted by atomic mass is 10.3. The number of urea groups is 1. The van der Waals surface area contributed by atoms with Gasteiger partial charge in [0.15, 0.2) is 6.10 Å². The molecule has 1 atom stereocenters. The van der Waals surface area contributed by atoms with Gasteiger partial charge in [-0.15, -0.1) is 0 Å². The summed E-state index contributed by atoms with van der Waals surface area (Å²) in [6, 6.07) is 7.95. The number of primary amides is 1. The molecule has 0 radical (unpaired) electrons. The number of rotatable bonds is 3. The molecule has 0 aromatic heterocycles. The maximum absolute atomic E-state index is 11.2. The summed E-state index contributed by atoms with van der Waals surface area (Å²) in [5, 5.41) is 1.94. The smallest absolute Gasteiger partial charge is 0.318 e. The number of nitrogens with two attached hydrogens (primary N) is 1. The first-order valence-corrected chi connectivity index (χ1v) is 4.41. The van der Waals surface area contributed by atoms with Crippen molar-refractivity contribution in [1.29, 1.82) is 0 Å². The Bertz CT molecular complexity index is 351. The van der Waals surface area contributed by atoms with E-state index < -0.39 is 18.0 Å². The molecule has 5 nitrogen and oxygen atoms in total. The van der Waals surface area contributed by atoms with Crippen LogP contribution >= 0.6 is 0 Å². The van der Waals surface area contributed by atoms with Crippen LogP contribution in [0.2, 0.25) is 0 Å². The van der Waals surface area contributed by atoms with Crippen molar-refractivity contribution in [2.24, 2.45) is 5.73 Å². The fourth-order valence-corrected chi connectivity index (χ4v) is 0.980. The van der Waals surface area contributed by atoms with Crippen molar-refractivity contribution < 1.29 is 14.3 Å². The zero-order chi connectivity index (χ0) is 11.3. The molecule has 1 unspecified atom stereocenters. The topological polar surface area (TPSA) is 81.4 Å². The van der Waals surface area contributed by atoms with Gasteiger partial charge in [0.2, 0.25) is 0 Å². The third kappa shape index (κ3) is 3.68. The van der Waals surface area contributed by atoms with Crippen molar-refractivity contribution in [3.63, 3.8) is 0 Å². The van der Waals surface area contributed by atoms with Crippen molar-refractivity contribution in [2.45, 2.75) is 13.0 Å². The molecule has 3 amide bonds. The van der Waals surface area contributed by atoms with Crippen LogP contribution in [0.3, 0.4) is 0 Å². The van der Waals surface area contributed by atoms with Gasteiger partial charge in [-0.05, 0) is 19.1 Å². The average molecular weight is 208 g/mol. The van der Waals surface area contributed by atoms with Crippen molar-refractivity contribution in [3.8, 4) is 5.75 Å². The van der Waals surface area contributed by atoms with Crippen molar-refractivity contribution >= 4 is 11.9 Å². The van der Waals surface area contributed by atoms with Crippen molar-refractivity contribution in [1.82, 2.24) is 5.32 Å². The average Bonchev–Trinajstić information content (AvgIpc) is 2.18. The number of ether oxygens (including phenoxy) is 1. The van der Waals surface area contributed by atoms with Gasteiger partial charge in [0, 0.05) is 0 Å². The van der Waals surface area contributed by atoms with E-state index in [0.717, 1.165) is 0 Å². The summed E-state index contributed by atoms with van der Waals surface area (Å²) >= 11 is 0. The van der Waals surface area contributed by atoms with Crippen LogP contribution in [0.5, 0.6) is 5.75 Å². The molecule has 0 saturated carbocycles. The van der Waals surface area contributed by atoms with Crippen molar-refractivity contribution in [2.75, 3.05) is 0 Å². The summed E-state index contributed by atoms with van der Waals surface area (Å²) < 4.78 is 5.26. The van der Waals surface area contributed by atoms with Gasteiger partial charge in [-0.1, -0.05) is 18.2 Å². The van der Waals surface area contributed by atoms with E-state index in [9.17, 15) is 9.59 Å². The van der Waals surface area contributed by atoms with Crippen LogP contribution in [0.15, 0.2) is 30.3 Å². The van der Waals surface area contributed by atoms with Gasteiger partial charge < -0.3 is 10.5 Å². The summed E-state index contributed by atoms with van der Waals surface area (Å²) in [4.78, 5) is 21.6. The quantitative estimate of drug-likeness (QED) is 0.765. The van der Waals surface area contributed by atoms with Crippen LogP contribution in [0, 0.1) is 0 Å². The van der Waals surface area contributed by atoms with Gasteiger partial charge in [0.1, 0.15) is 5.75 Å². The Hall–Kier alpha value is -2.04. The lowest BCUT2D eigenvalue weighted by Crippen LogP contribution is -2.42. The Kier molecular flexibility index (Phi) is 3.68. The molecule has 0 fully saturated rings. The highest BCUT2D eigenvalue weighted by molar-refractivity contribution is 5.95. The first-order chi connectivity index (χ1) is 7.09. The van der Waals surface area contributed by atoms with Gasteiger partial charge in [0.05, 0.1) is 0 Å². The molecule has 15 heavy (non-hydrogen) atoms. The summed E-state index contributed by atoms with van der Waals surface area (Å²) in [5.41, 5.74) is 4.80. The monoisotopic (exact) mass is 208 g/mol. The van der Waals surface area contributed by atoms with Crippen LogP contribution < -0.4 is 15.8 Å². The van der Waals surface area contributed by atoms with Gasteiger partial charge in [-0.3, -0.25) is 10.1 Å². The lowest BCUT2D eigenvalue weighted by Gasteiger charge is -2.12. The minimum Gasteiger partial charge on any atom is -0.481 e. The SMILES string of the molecule is CC(Oc1ccccc1)C(=O)NC(N)=O. The number of carbonyl (C=O) groups excluding carboxylic acids is 2. The molecule has 1 aromatic rings. The maximum Gasteiger partial charge on any atom is 0.318 e. The van der Waals surface area contributed by atoms with Crippen LogP contribution in [-0.4, -0.2) is 18.0 Å². The van der Waals surface area contributed by atoms with Crippen LogP contribution in [0.1, 0.15) is 6.92 Å². The van der Waals surface area contributed by atoms with E-state index in [1.165, 1.54) is 6.92 Å². The second-order valence-corrected chi connectivity index (χ2v) is 2.93. The van der Waals surface area contributed by atoms with E-state index in [1.54, 1.807) is 24.3 Å². The van der Waals surface area contributed by atoms with E-state index in [0.29, 0.717) is 5.75 Å². The lowest BCUT2D eigenvalue weighted by molar-refractivity contribution is -0.126. The van der Waals surface area contributed by atoms with Gasteiger partial charge in [-0.25, -0.2) is 4.79 Å². The third-order valence-electron chi connectivity index (χ3n) is 1.67. The maximum atomic E-state index is 11.2. The van der Waals surface area contributed by atoms with E-state index in [1.807, 2.05) is 11.4 Å². The standard InChI is InChI=1S/C10H12N2O3/c1-7(9(13)12-10(11)14)15-8-5-3-2-4-6-8/h2-7H,1H3,(H3,11,12,13,14). The van der Waals surface area contributed by atoms with Gasteiger partial charge >= 0.3 is 6.03 Å². The molecular weight excluding hydrogens is 196 g/mol. The zero-order valence-electron chi connectivity index (χ0n) is 8.27. The predicted molar refractivity (Wildman–Crippen MR) is 54.3 cm³/mol. The molecule has 80 valence electrons. The second kappa shape index (κ2) is 4.99. The molecule has 3 N–H and O–H groups in total. The fraction of sp³-hybridized carbons (Fsp3) is 0.200. The first kappa shape index (κ1) is 11.0. The van der Waals surface area contributed by atoms with Gasteiger partial charge in [-0.2, -0.15) is 0 Å². The highest BCUT2D eigenvalue weighted by atomic mass is 16.5. The Labute approximate surface area is 87.2 Å². The molecular formula is C10H12N2O3. The Morgan fingerprint density at radius 1 is 1.33 bits per heavy atom. The molecule has 0 aliphatic heterocycles. The minimum absolute atomic E-state index is 0.560. The summed E-state index contributed by atoms with van der Waals surface area (Å²) in [5.74, 6) is -0.00373. The van der Waals surface area contributed by atoms with Crippen LogP contribution in [0.25, 0.3) is 0 Å². The Morgan fingerprint density at radius 3 is 2.47 bits per heavy atom. The number of hydrogen-bond acceptors (Lipinski definition) is 3. The molecule has 0 heterocycles. The Balaban J connectivity index is 2.52. The Morgan fingerprint density at radius 2 is 1.93 bits per heavy atom. The van der Waals surface area contributed by atoms with E-state index in [2.05, 4.69) is 0 Å². The number of benzene rings is 1. The molecule has 5 heteroatoms. The van der Waals surface area contributed by atoms with Gasteiger partial charge in [0.25, 0.3) is 5.91 Å². The normalized spacial score (nSPS) is 11.5. The number of hydrogen-bond donors (Lipinski definition) is 2. The molecule has 0 spiro atoms.